The van der Waals surface area contributed by atoms with Gasteiger partial charge in [0.25, 0.3) is 0 Å². The number of hydrogen-bond donors (Lipinski definition) is 3. The molecule has 2 aromatic carbocycles. The quantitative estimate of drug-likeness (QED) is 0.720. The van der Waals surface area contributed by atoms with E-state index in [1.54, 1.807) is 0 Å². The van der Waals surface area contributed by atoms with Gasteiger partial charge in [-0.05, 0) is 17.7 Å². The molecule has 0 atom stereocenters. The van der Waals surface area contributed by atoms with Gasteiger partial charge in [-0.3, -0.25) is 5.43 Å². The number of hydrazine groups is 1. The summed E-state index contributed by atoms with van der Waals surface area (Å²) in [6.45, 7) is 0.586. The van der Waals surface area contributed by atoms with Gasteiger partial charge in [-0.1, -0.05) is 48.5 Å². The van der Waals surface area contributed by atoms with Crippen molar-refractivity contribution in [3.63, 3.8) is 0 Å². The second kappa shape index (κ2) is 6.42. The van der Waals surface area contributed by atoms with Gasteiger partial charge in [0.1, 0.15) is 0 Å². The highest BCUT2D eigenvalue weighted by molar-refractivity contribution is 5.88. The topological polar surface area (TPSA) is 53.2 Å². The van der Waals surface area contributed by atoms with Gasteiger partial charge in [-0.25, -0.2) is 10.2 Å². The molecule has 3 N–H and O–H groups in total. The number of benzene rings is 2. The Hall–Kier alpha value is -2.33. The summed E-state index contributed by atoms with van der Waals surface area (Å²) in [5.41, 5.74) is 7.31. The molecule has 4 nitrogen and oxygen atoms in total. The van der Waals surface area contributed by atoms with Gasteiger partial charge in [-0.2, -0.15) is 0 Å². The maximum Gasteiger partial charge on any atom is 0.333 e. The standard InChI is InChI=1S/C14H15N3O/c18-14(16-13-9-5-2-6-10-13)17-15-11-12-7-3-1-4-8-12/h1-10,15H,11H2,(H2,16,17,18). The fraction of sp³-hybridized carbons (Fsp3) is 0.0714. The van der Waals surface area contributed by atoms with Crippen molar-refractivity contribution in [3.05, 3.63) is 66.2 Å². The van der Waals surface area contributed by atoms with E-state index < -0.39 is 0 Å². The van der Waals surface area contributed by atoms with E-state index in [2.05, 4.69) is 16.2 Å². The highest BCUT2D eigenvalue weighted by Crippen LogP contribution is 2.03. The molecule has 0 saturated carbocycles. The van der Waals surface area contributed by atoms with Crippen LogP contribution in [0.5, 0.6) is 0 Å². The van der Waals surface area contributed by atoms with Crippen LogP contribution in [0.1, 0.15) is 5.56 Å². The van der Waals surface area contributed by atoms with Crippen molar-refractivity contribution in [1.29, 1.82) is 0 Å². The first-order chi connectivity index (χ1) is 8.84. The van der Waals surface area contributed by atoms with Crippen molar-refractivity contribution in [2.24, 2.45) is 0 Å². The molecule has 2 amide bonds. The predicted octanol–water partition coefficient (Wildman–Crippen LogP) is 2.51. The number of nitrogens with one attached hydrogen (secondary N) is 3. The Balaban J connectivity index is 1.73. The average molecular weight is 241 g/mol. The summed E-state index contributed by atoms with van der Waals surface area (Å²) in [6, 6.07) is 18.9. The molecular weight excluding hydrogens is 226 g/mol. The van der Waals surface area contributed by atoms with Gasteiger partial charge in [-0.15, -0.1) is 0 Å². The fourth-order valence-corrected chi connectivity index (χ4v) is 1.51. The van der Waals surface area contributed by atoms with Crippen molar-refractivity contribution in [1.82, 2.24) is 10.9 Å². The zero-order valence-electron chi connectivity index (χ0n) is 9.89. The molecule has 2 aromatic rings. The van der Waals surface area contributed by atoms with Crippen molar-refractivity contribution >= 4 is 11.7 Å². The summed E-state index contributed by atoms with van der Waals surface area (Å²) in [4.78, 5) is 11.5. The molecule has 0 aromatic heterocycles. The third-order valence-electron chi connectivity index (χ3n) is 2.37. The number of amides is 2. The third kappa shape index (κ3) is 3.92. The van der Waals surface area contributed by atoms with Crippen molar-refractivity contribution in [2.45, 2.75) is 6.54 Å². The Bertz CT molecular complexity index is 485. The van der Waals surface area contributed by atoms with Gasteiger partial charge in [0.2, 0.25) is 0 Å². The number of rotatable bonds is 4. The van der Waals surface area contributed by atoms with E-state index in [1.807, 2.05) is 60.7 Å². The molecule has 2 rings (SSSR count). The summed E-state index contributed by atoms with van der Waals surface area (Å²) in [5.74, 6) is 0. The lowest BCUT2D eigenvalue weighted by Gasteiger charge is -2.08. The van der Waals surface area contributed by atoms with Crippen LogP contribution in [-0.2, 0) is 6.54 Å². The normalized spacial score (nSPS) is 9.78. The van der Waals surface area contributed by atoms with Crippen LogP contribution in [-0.4, -0.2) is 6.03 Å². The number of carbonyl (C=O) groups excluding carboxylic acids is 1. The number of para-hydroxylation sites is 1. The van der Waals surface area contributed by atoms with E-state index in [-0.39, 0.29) is 6.03 Å². The minimum absolute atomic E-state index is 0.280. The fourth-order valence-electron chi connectivity index (χ4n) is 1.51. The van der Waals surface area contributed by atoms with Gasteiger partial charge in [0.15, 0.2) is 0 Å². The Labute approximate surface area is 106 Å². The van der Waals surface area contributed by atoms with Crippen molar-refractivity contribution in [2.75, 3.05) is 5.32 Å². The number of carbonyl (C=O) groups is 1. The average Bonchev–Trinajstić information content (AvgIpc) is 2.41. The van der Waals surface area contributed by atoms with Crippen LogP contribution in [0.4, 0.5) is 10.5 Å². The molecule has 0 heterocycles. The van der Waals surface area contributed by atoms with Crippen LogP contribution in [0, 0.1) is 0 Å². The zero-order valence-corrected chi connectivity index (χ0v) is 9.89. The molecule has 0 aliphatic rings. The maximum atomic E-state index is 11.5. The van der Waals surface area contributed by atoms with Crippen molar-refractivity contribution in [3.8, 4) is 0 Å². The van der Waals surface area contributed by atoms with E-state index in [0.717, 1.165) is 11.3 Å². The third-order valence-corrected chi connectivity index (χ3v) is 2.37. The minimum atomic E-state index is -0.280. The highest BCUT2D eigenvalue weighted by atomic mass is 16.2. The van der Waals surface area contributed by atoms with E-state index in [1.165, 1.54) is 0 Å². The number of urea groups is 1. The van der Waals surface area contributed by atoms with Gasteiger partial charge in [0.05, 0.1) is 0 Å². The largest absolute Gasteiger partial charge is 0.333 e. The molecule has 0 bridgehead atoms. The summed E-state index contributed by atoms with van der Waals surface area (Å²) in [7, 11) is 0. The molecule has 0 aliphatic carbocycles. The van der Waals surface area contributed by atoms with Crippen LogP contribution < -0.4 is 16.2 Å². The molecule has 0 saturated heterocycles. The van der Waals surface area contributed by atoms with E-state index in [4.69, 9.17) is 0 Å². The Kier molecular flexibility index (Phi) is 4.33. The van der Waals surface area contributed by atoms with E-state index >= 15 is 0 Å². The first kappa shape index (κ1) is 12.1. The smallest absolute Gasteiger partial charge is 0.307 e. The van der Waals surface area contributed by atoms with E-state index in [9.17, 15) is 4.79 Å². The summed E-state index contributed by atoms with van der Waals surface area (Å²) < 4.78 is 0. The van der Waals surface area contributed by atoms with Crippen molar-refractivity contribution < 1.29 is 4.79 Å². The molecule has 18 heavy (non-hydrogen) atoms. The van der Waals surface area contributed by atoms with E-state index in [0.29, 0.717) is 6.54 Å². The molecule has 4 heteroatoms. The summed E-state index contributed by atoms with van der Waals surface area (Å²) >= 11 is 0. The molecule has 0 fully saturated rings. The van der Waals surface area contributed by atoms with Gasteiger partial charge >= 0.3 is 6.03 Å². The molecule has 0 spiro atoms. The zero-order chi connectivity index (χ0) is 12.6. The predicted molar refractivity (Wildman–Crippen MR) is 71.9 cm³/mol. The Morgan fingerprint density at radius 3 is 2.17 bits per heavy atom. The summed E-state index contributed by atoms with van der Waals surface area (Å²) in [6.07, 6.45) is 0. The lowest BCUT2D eigenvalue weighted by molar-refractivity contribution is 0.248. The monoisotopic (exact) mass is 241 g/mol. The lowest BCUT2D eigenvalue weighted by Crippen LogP contribution is -2.39. The summed E-state index contributed by atoms with van der Waals surface area (Å²) in [5, 5.41) is 2.72. The van der Waals surface area contributed by atoms with Crippen LogP contribution in [0.15, 0.2) is 60.7 Å². The highest BCUT2D eigenvalue weighted by Gasteiger charge is 1.99. The number of hydrogen-bond acceptors (Lipinski definition) is 2. The maximum absolute atomic E-state index is 11.5. The first-order valence-corrected chi connectivity index (χ1v) is 5.73. The van der Waals surface area contributed by atoms with Crippen LogP contribution in [0.25, 0.3) is 0 Å². The first-order valence-electron chi connectivity index (χ1n) is 5.73. The minimum Gasteiger partial charge on any atom is -0.307 e. The molecule has 0 aliphatic heterocycles. The molecule has 92 valence electrons. The number of anilines is 1. The second-order valence-electron chi connectivity index (χ2n) is 3.78. The Morgan fingerprint density at radius 1 is 0.889 bits per heavy atom. The molecule has 0 unspecified atom stereocenters. The second-order valence-corrected chi connectivity index (χ2v) is 3.78. The molecule has 0 radical (unpaired) electrons. The van der Waals surface area contributed by atoms with Crippen LogP contribution in [0.2, 0.25) is 0 Å². The SMILES string of the molecule is O=C(NNCc1ccccc1)Nc1ccccc1. The van der Waals surface area contributed by atoms with Crippen LogP contribution in [0.3, 0.4) is 0 Å². The lowest BCUT2D eigenvalue weighted by atomic mass is 10.2. The van der Waals surface area contributed by atoms with Gasteiger partial charge in [0, 0.05) is 12.2 Å². The van der Waals surface area contributed by atoms with Crippen LogP contribution >= 0.6 is 0 Å². The Morgan fingerprint density at radius 2 is 1.50 bits per heavy atom. The van der Waals surface area contributed by atoms with Gasteiger partial charge < -0.3 is 5.32 Å². The molecular formula is C14H15N3O.